The van der Waals surface area contributed by atoms with Crippen molar-refractivity contribution >= 4 is 0 Å². The summed E-state index contributed by atoms with van der Waals surface area (Å²) in [6.07, 6.45) is 2.03. The van der Waals surface area contributed by atoms with E-state index >= 15 is 0 Å². The third-order valence-electron chi connectivity index (χ3n) is 1.24. The Morgan fingerprint density at radius 2 is 2.22 bits per heavy atom. The zero-order valence-electron chi connectivity index (χ0n) is 4.89. The summed E-state index contributed by atoms with van der Waals surface area (Å²) in [6.45, 7) is 0. The van der Waals surface area contributed by atoms with Crippen LogP contribution in [0.2, 0.25) is 0 Å². The molecule has 0 aromatic heterocycles. The van der Waals surface area contributed by atoms with Crippen molar-refractivity contribution in [2.24, 2.45) is 5.73 Å². The Hall–Kier alpha value is -0.990. The lowest BCUT2D eigenvalue weighted by Crippen LogP contribution is -2.03. The van der Waals surface area contributed by atoms with E-state index < -0.39 is 5.83 Å². The Morgan fingerprint density at radius 3 is 2.67 bits per heavy atom. The second kappa shape index (κ2) is 2.09. The fraction of sp³-hybridized carbons (Fsp3) is 0.333. The third-order valence-corrected chi connectivity index (χ3v) is 1.24. The molecule has 0 bridgehead atoms. The van der Waals surface area contributed by atoms with E-state index in [-0.39, 0.29) is 5.76 Å². The van der Waals surface area contributed by atoms with Gasteiger partial charge in [0.15, 0.2) is 5.83 Å². The van der Waals surface area contributed by atoms with Gasteiger partial charge in [-0.05, 0) is 12.5 Å². The van der Waals surface area contributed by atoms with Gasteiger partial charge in [0.05, 0.1) is 0 Å². The molecule has 0 spiro atoms. The Labute approximate surface area is 52.5 Å². The average Bonchev–Trinajstić information content (AvgIpc) is 1.80. The number of rotatable bonds is 0. The largest absolute Gasteiger partial charge is 0.509 e. The normalized spacial score (nSPS) is 19.9. The van der Waals surface area contributed by atoms with Crippen LogP contribution in [0.5, 0.6) is 0 Å². The fourth-order valence-corrected chi connectivity index (χ4v) is 0.700. The molecule has 3 N–H and O–H groups in total. The van der Waals surface area contributed by atoms with Gasteiger partial charge in [0, 0.05) is 12.1 Å². The highest BCUT2D eigenvalue weighted by atomic mass is 19.1. The monoisotopic (exact) mass is 129 g/mol. The molecule has 1 aliphatic carbocycles. The van der Waals surface area contributed by atoms with Crippen molar-refractivity contribution in [1.82, 2.24) is 0 Å². The second-order valence-electron chi connectivity index (χ2n) is 2.01. The van der Waals surface area contributed by atoms with Crippen molar-refractivity contribution in [3.05, 3.63) is 23.4 Å². The minimum Gasteiger partial charge on any atom is -0.509 e. The molecule has 0 aromatic rings. The van der Waals surface area contributed by atoms with E-state index in [0.29, 0.717) is 18.5 Å². The van der Waals surface area contributed by atoms with Gasteiger partial charge < -0.3 is 10.8 Å². The van der Waals surface area contributed by atoms with Crippen LogP contribution in [-0.4, -0.2) is 5.11 Å². The van der Waals surface area contributed by atoms with Gasteiger partial charge in [-0.3, -0.25) is 0 Å². The standard InChI is InChI=1S/C6H8FNO/c7-5-3-4(8)1-2-6(5)9/h3,9H,1-2,8H2. The maximum Gasteiger partial charge on any atom is 0.162 e. The molecule has 1 aliphatic rings. The molecule has 0 radical (unpaired) electrons. The molecular weight excluding hydrogens is 121 g/mol. The Kier molecular flexibility index (Phi) is 1.42. The first kappa shape index (κ1) is 6.13. The second-order valence-corrected chi connectivity index (χ2v) is 2.01. The molecule has 0 saturated carbocycles. The minimum absolute atomic E-state index is 0.191. The van der Waals surface area contributed by atoms with Crippen LogP contribution in [0.1, 0.15) is 12.8 Å². The zero-order valence-corrected chi connectivity index (χ0v) is 4.89. The van der Waals surface area contributed by atoms with Crippen LogP contribution in [0.4, 0.5) is 4.39 Å². The van der Waals surface area contributed by atoms with Gasteiger partial charge in [0.2, 0.25) is 0 Å². The summed E-state index contributed by atoms with van der Waals surface area (Å²) >= 11 is 0. The van der Waals surface area contributed by atoms with Gasteiger partial charge in [-0.25, -0.2) is 4.39 Å². The average molecular weight is 129 g/mol. The van der Waals surface area contributed by atoms with Gasteiger partial charge in [-0.2, -0.15) is 0 Å². The topological polar surface area (TPSA) is 46.2 Å². The molecule has 0 atom stereocenters. The van der Waals surface area contributed by atoms with Gasteiger partial charge >= 0.3 is 0 Å². The molecule has 2 nitrogen and oxygen atoms in total. The number of nitrogens with two attached hydrogens (primary N) is 1. The smallest absolute Gasteiger partial charge is 0.162 e. The number of allylic oxidation sites excluding steroid dienone is 4. The van der Waals surface area contributed by atoms with Crippen LogP contribution in [0.25, 0.3) is 0 Å². The van der Waals surface area contributed by atoms with Gasteiger partial charge in [0.25, 0.3) is 0 Å². The highest BCUT2D eigenvalue weighted by molar-refractivity contribution is 5.23. The number of aliphatic hydroxyl groups excluding tert-OH is 1. The van der Waals surface area contributed by atoms with Crippen LogP contribution >= 0.6 is 0 Å². The molecule has 0 aromatic carbocycles. The molecule has 3 heteroatoms. The SMILES string of the molecule is NC1=CC(F)=C(O)CC1. The maximum absolute atomic E-state index is 12.3. The predicted octanol–water partition coefficient (Wildman–Crippen LogP) is 1.36. The lowest BCUT2D eigenvalue weighted by molar-refractivity contribution is 0.358. The molecule has 0 unspecified atom stereocenters. The van der Waals surface area contributed by atoms with Crippen molar-refractivity contribution in [3.8, 4) is 0 Å². The summed E-state index contributed by atoms with van der Waals surface area (Å²) < 4.78 is 12.3. The van der Waals surface area contributed by atoms with E-state index in [9.17, 15) is 4.39 Å². The van der Waals surface area contributed by atoms with Crippen molar-refractivity contribution in [1.29, 1.82) is 0 Å². The van der Waals surface area contributed by atoms with Crippen molar-refractivity contribution in [2.45, 2.75) is 12.8 Å². The van der Waals surface area contributed by atoms with Gasteiger partial charge in [0.1, 0.15) is 5.76 Å². The lowest BCUT2D eigenvalue weighted by Gasteiger charge is -2.06. The predicted molar refractivity (Wildman–Crippen MR) is 32.3 cm³/mol. The van der Waals surface area contributed by atoms with Crippen LogP contribution in [0, 0.1) is 0 Å². The highest BCUT2D eigenvalue weighted by Gasteiger charge is 2.08. The number of hydrogen-bond acceptors (Lipinski definition) is 2. The summed E-state index contributed by atoms with van der Waals surface area (Å²) in [4.78, 5) is 0. The third kappa shape index (κ3) is 1.22. The van der Waals surface area contributed by atoms with Crippen molar-refractivity contribution < 1.29 is 9.50 Å². The van der Waals surface area contributed by atoms with E-state index in [4.69, 9.17) is 10.8 Å². The molecule has 0 fully saturated rings. The molecule has 1 rings (SSSR count). The van der Waals surface area contributed by atoms with Crippen LogP contribution < -0.4 is 5.73 Å². The summed E-state index contributed by atoms with van der Waals surface area (Å²) in [5.41, 5.74) is 5.75. The first-order valence-electron chi connectivity index (χ1n) is 2.74. The molecule has 0 saturated heterocycles. The molecular formula is C6H8FNO. The zero-order chi connectivity index (χ0) is 6.85. The van der Waals surface area contributed by atoms with Crippen LogP contribution in [-0.2, 0) is 0 Å². The Bertz CT molecular complexity index is 183. The number of halogens is 1. The number of hydrogen-bond donors (Lipinski definition) is 2. The molecule has 0 heterocycles. The number of aliphatic hydroxyl groups is 1. The fourth-order valence-electron chi connectivity index (χ4n) is 0.700. The van der Waals surface area contributed by atoms with Gasteiger partial charge in [-0.15, -0.1) is 0 Å². The summed E-state index contributed by atoms with van der Waals surface area (Å²) in [7, 11) is 0. The highest BCUT2D eigenvalue weighted by Crippen LogP contribution is 2.19. The Balaban J connectivity index is 2.83. The van der Waals surface area contributed by atoms with Crippen LogP contribution in [0.15, 0.2) is 23.4 Å². The molecule has 0 amide bonds. The van der Waals surface area contributed by atoms with Crippen molar-refractivity contribution in [2.75, 3.05) is 0 Å². The first-order chi connectivity index (χ1) is 4.20. The van der Waals surface area contributed by atoms with E-state index in [1.54, 1.807) is 0 Å². The molecule has 9 heavy (non-hydrogen) atoms. The van der Waals surface area contributed by atoms with E-state index in [1.165, 1.54) is 0 Å². The van der Waals surface area contributed by atoms with E-state index in [1.807, 2.05) is 0 Å². The summed E-state index contributed by atoms with van der Waals surface area (Å²) in [5.74, 6) is -0.789. The minimum atomic E-state index is -0.598. The lowest BCUT2D eigenvalue weighted by atomic mass is 10.1. The summed E-state index contributed by atoms with van der Waals surface area (Å²) in [6, 6.07) is 0. The van der Waals surface area contributed by atoms with Gasteiger partial charge in [-0.1, -0.05) is 0 Å². The maximum atomic E-state index is 12.3. The summed E-state index contributed by atoms with van der Waals surface area (Å²) in [5, 5.41) is 8.70. The molecule has 50 valence electrons. The van der Waals surface area contributed by atoms with Crippen LogP contribution in [0.3, 0.4) is 0 Å². The Morgan fingerprint density at radius 1 is 1.56 bits per heavy atom. The van der Waals surface area contributed by atoms with E-state index in [0.717, 1.165) is 6.08 Å². The first-order valence-corrected chi connectivity index (χ1v) is 2.74. The van der Waals surface area contributed by atoms with E-state index in [2.05, 4.69) is 0 Å². The molecule has 0 aliphatic heterocycles. The quantitative estimate of drug-likeness (QED) is 0.518. The van der Waals surface area contributed by atoms with Crippen molar-refractivity contribution in [3.63, 3.8) is 0 Å².